The lowest BCUT2D eigenvalue weighted by Gasteiger charge is -2.34. The zero-order valence-corrected chi connectivity index (χ0v) is 48.7. The van der Waals surface area contributed by atoms with Crippen LogP contribution in [0.2, 0.25) is 0 Å². The molecule has 3 amide bonds. The summed E-state index contributed by atoms with van der Waals surface area (Å²) in [7, 11) is 2.08. The molecule has 0 aliphatic heterocycles. The first-order valence-electron chi connectivity index (χ1n) is 30.7. The number of esters is 2. The Labute approximate surface area is 475 Å². The molecule has 2 unspecified atom stereocenters. The number of hydrogen-bond donors (Lipinski definition) is 5. The molecule has 0 aromatic carbocycles. The maximum Gasteiger partial charge on any atom is 0.407 e. The van der Waals surface area contributed by atoms with Crippen molar-refractivity contribution in [3.05, 3.63) is 0 Å². The maximum atomic E-state index is 12.6. The fourth-order valence-corrected chi connectivity index (χ4v) is 13.3. The third-order valence-electron chi connectivity index (χ3n) is 18.5. The van der Waals surface area contributed by atoms with Gasteiger partial charge in [-0.05, 0) is 229 Å². The van der Waals surface area contributed by atoms with Crippen LogP contribution in [0.3, 0.4) is 0 Å². The van der Waals surface area contributed by atoms with Crippen molar-refractivity contribution >= 4 is 48.3 Å². The molecule has 6 fully saturated rings. The van der Waals surface area contributed by atoms with Gasteiger partial charge in [-0.3, -0.25) is 14.4 Å². The van der Waals surface area contributed by atoms with Gasteiger partial charge in [-0.1, -0.05) is 6.92 Å². The van der Waals surface area contributed by atoms with E-state index >= 15 is 0 Å². The van der Waals surface area contributed by atoms with Crippen molar-refractivity contribution in [3.63, 3.8) is 0 Å². The van der Waals surface area contributed by atoms with E-state index in [1.807, 2.05) is 0 Å². The molecular formula is C60H98N6O14. The summed E-state index contributed by atoms with van der Waals surface area (Å²) < 4.78 is 26.7. The molecule has 0 spiro atoms. The van der Waals surface area contributed by atoms with Crippen molar-refractivity contribution in [3.8, 4) is 0 Å². The highest BCUT2D eigenvalue weighted by Gasteiger charge is 2.36. The van der Waals surface area contributed by atoms with Gasteiger partial charge in [0.25, 0.3) is 0 Å². The Morgan fingerprint density at radius 3 is 1.25 bits per heavy atom. The molecule has 5 N–H and O–H groups in total. The summed E-state index contributed by atoms with van der Waals surface area (Å²) in [6, 6.07) is 1.37. The summed E-state index contributed by atoms with van der Waals surface area (Å²) in [5, 5.41) is 21.1. The van der Waals surface area contributed by atoms with E-state index in [1.54, 1.807) is 26.0 Å². The van der Waals surface area contributed by atoms with Gasteiger partial charge >= 0.3 is 36.2 Å². The molecule has 0 heterocycles. The van der Waals surface area contributed by atoms with Crippen LogP contribution < -0.4 is 21.3 Å². The van der Waals surface area contributed by atoms with E-state index in [2.05, 4.69) is 38.3 Å². The van der Waals surface area contributed by atoms with Crippen molar-refractivity contribution in [2.45, 2.75) is 256 Å². The van der Waals surface area contributed by atoms with Crippen LogP contribution in [-0.4, -0.2) is 129 Å². The van der Waals surface area contributed by atoms with Crippen molar-refractivity contribution in [1.29, 1.82) is 0 Å². The predicted molar refractivity (Wildman–Crippen MR) is 299 cm³/mol. The Kier molecular flexibility index (Phi) is 29.4. The molecule has 0 aromatic heterocycles. The van der Waals surface area contributed by atoms with E-state index in [1.165, 1.54) is 64.7 Å². The van der Waals surface area contributed by atoms with Gasteiger partial charge in [0.1, 0.15) is 32.5 Å². The minimum Gasteiger partial charge on any atom is -0.481 e. The predicted octanol–water partition coefficient (Wildman–Crippen LogP) is 10.3. The van der Waals surface area contributed by atoms with Gasteiger partial charge in [0.2, 0.25) is 12.2 Å². The highest BCUT2D eigenvalue weighted by Crippen LogP contribution is 2.39. The number of aliphatic imine (C=N–C) groups is 2. The minimum atomic E-state index is -1.11. The number of amides is 3. The third kappa shape index (κ3) is 25.4. The molecule has 80 heavy (non-hydrogen) atoms. The molecule has 6 aliphatic carbocycles. The number of rotatable bonds is 25. The second-order valence-corrected chi connectivity index (χ2v) is 24.7. The standard InChI is InChI=1S/C33H56N4O5.C27H42N2O9/c1-23(42-33(40)37-31-17-9-27(10-18-31)19-24-3-11-28(34-2)12-4-24)21-41-32(39)36-30-15-7-26(8-16-30)20-25-5-13-29(14-6-25)35-22-38;1-3-27(15-36-19(2)31,16-37-25(34)13-12-24(32)33)17-38-26(35)29-23-10-6-21(7-11-23)14-20-4-8-22(9-5-20)28-18-30/h23-31,34H,3-21H2,1-2H3,(H,36,39)(H,37,40);20-23H,3-17H2,1-2H3,(H,29,35)(H,32,33). The van der Waals surface area contributed by atoms with E-state index in [0.717, 1.165) is 133 Å². The van der Waals surface area contributed by atoms with Gasteiger partial charge in [0, 0.05) is 31.1 Å². The van der Waals surface area contributed by atoms with Crippen LogP contribution >= 0.6 is 0 Å². The summed E-state index contributed by atoms with van der Waals surface area (Å²) in [4.78, 5) is 100. The fourth-order valence-electron chi connectivity index (χ4n) is 13.3. The Morgan fingerprint density at radius 1 is 0.512 bits per heavy atom. The Hall–Kier alpha value is -5.06. The number of carboxylic acids is 1. The normalized spacial score (nSPS) is 29.8. The van der Waals surface area contributed by atoms with Crippen LogP contribution in [0.15, 0.2) is 9.98 Å². The SMILES string of the molecule is CCC(COC(C)=O)(COC(=O)CCC(=O)O)COC(=O)NC1CCC(CC2CCC(N=C=O)CC2)CC1.CNC1CCC(CC2CCC(NC(=O)OC(C)COC(=O)NC3CCC(CC4CCC(N=C=O)CC4)CC3)CC2)CC1. The highest BCUT2D eigenvalue weighted by molar-refractivity contribution is 5.76. The van der Waals surface area contributed by atoms with Crippen molar-refractivity contribution in [1.82, 2.24) is 21.3 Å². The Morgan fingerprint density at radius 2 is 0.875 bits per heavy atom. The molecule has 0 bridgehead atoms. The summed E-state index contributed by atoms with van der Waals surface area (Å²) in [6.45, 7) is 4.48. The molecular weight excluding hydrogens is 1030 g/mol. The lowest BCUT2D eigenvalue weighted by molar-refractivity contribution is -0.157. The van der Waals surface area contributed by atoms with E-state index in [0.29, 0.717) is 30.2 Å². The first-order chi connectivity index (χ1) is 38.5. The van der Waals surface area contributed by atoms with E-state index in [-0.39, 0.29) is 69.5 Å². The van der Waals surface area contributed by atoms with Crippen molar-refractivity contribution in [2.24, 2.45) is 50.9 Å². The monoisotopic (exact) mass is 1130 g/mol. The van der Waals surface area contributed by atoms with Gasteiger partial charge in [0.15, 0.2) is 0 Å². The molecule has 2 atom stereocenters. The summed E-state index contributed by atoms with van der Waals surface area (Å²) in [6.07, 6.45) is 31.1. The number of nitrogens with one attached hydrogen (secondary N) is 4. The largest absolute Gasteiger partial charge is 0.481 e. The molecule has 452 valence electrons. The zero-order valence-electron chi connectivity index (χ0n) is 48.7. The quantitative estimate of drug-likeness (QED) is 0.0246. The van der Waals surface area contributed by atoms with Gasteiger partial charge in [-0.2, -0.15) is 0 Å². The molecule has 20 nitrogen and oxygen atoms in total. The average Bonchev–Trinajstić information content (AvgIpc) is 3.46. The van der Waals surface area contributed by atoms with Crippen molar-refractivity contribution in [2.75, 3.05) is 33.5 Å². The van der Waals surface area contributed by atoms with E-state index in [4.69, 9.17) is 28.8 Å². The fraction of sp³-hybridized carbons (Fsp3) is 0.867. The summed E-state index contributed by atoms with van der Waals surface area (Å²) >= 11 is 0. The average molecular weight is 1130 g/mol. The molecule has 20 heteroatoms. The van der Waals surface area contributed by atoms with Crippen LogP contribution in [-0.2, 0) is 47.7 Å². The number of nitrogens with zero attached hydrogens (tertiary/aromatic N) is 2. The number of isocyanates is 2. The number of carbonyl (C=O) groups is 6. The second-order valence-electron chi connectivity index (χ2n) is 24.7. The maximum absolute atomic E-state index is 12.6. The number of carbonyl (C=O) groups excluding carboxylic acids is 7. The molecule has 6 rings (SSSR count). The van der Waals surface area contributed by atoms with Crippen LogP contribution in [0.25, 0.3) is 0 Å². The lowest BCUT2D eigenvalue weighted by atomic mass is 9.76. The van der Waals surface area contributed by atoms with Crippen LogP contribution in [0, 0.1) is 40.9 Å². The smallest absolute Gasteiger partial charge is 0.407 e. The first kappa shape index (κ1) is 65.7. The number of alkyl carbamates (subject to hydrolysis) is 3. The molecule has 0 saturated heterocycles. The van der Waals surface area contributed by atoms with Gasteiger partial charge in [-0.15, -0.1) is 0 Å². The van der Waals surface area contributed by atoms with Gasteiger partial charge in [0.05, 0.1) is 30.3 Å². The number of carboxylic acid groups (broad SMARTS) is 1. The zero-order chi connectivity index (χ0) is 57.7. The molecule has 6 aliphatic rings. The topological polar surface area (TPSA) is 276 Å². The Balaban J connectivity index is 0.000000296. The lowest BCUT2D eigenvalue weighted by Crippen LogP contribution is -2.43. The summed E-state index contributed by atoms with van der Waals surface area (Å²) in [5.74, 6) is 2.10. The molecule has 0 aromatic rings. The van der Waals surface area contributed by atoms with E-state index < -0.39 is 47.7 Å². The minimum absolute atomic E-state index is 0.0229. The highest BCUT2D eigenvalue weighted by atomic mass is 16.6. The van der Waals surface area contributed by atoms with Crippen LogP contribution in [0.1, 0.15) is 213 Å². The van der Waals surface area contributed by atoms with Crippen LogP contribution in [0.4, 0.5) is 14.4 Å². The number of aliphatic carboxylic acids is 1. The van der Waals surface area contributed by atoms with Gasteiger partial charge < -0.3 is 50.1 Å². The Bertz CT molecular complexity index is 1990. The number of hydrogen-bond acceptors (Lipinski definition) is 16. The number of ether oxygens (including phenoxy) is 5. The second kappa shape index (κ2) is 35.7. The summed E-state index contributed by atoms with van der Waals surface area (Å²) in [5.41, 5.74) is -0.935. The third-order valence-corrected chi connectivity index (χ3v) is 18.5. The molecule has 0 radical (unpaired) electrons. The van der Waals surface area contributed by atoms with Crippen molar-refractivity contribution < 1.29 is 67.1 Å². The van der Waals surface area contributed by atoms with E-state index in [9.17, 15) is 38.4 Å². The molecule has 6 saturated carbocycles. The van der Waals surface area contributed by atoms with Gasteiger partial charge in [-0.25, -0.2) is 34.0 Å². The first-order valence-corrected chi connectivity index (χ1v) is 30.7. The van der Waals surface area contributed by atoms with Crippen LogP contribution in [0.5, 0.6) is 0 Å².